The van der Waals surface area contributed by atoms with Gasteiger partial charge in [-0.2, -0.15) is 0 Å². The molecule has 2 nitrogen and oxygen atoms in total. The van der Waals surface area contributed by atoms with Crippen LogP contribution in [0.3, 0.4) is 0 Å². The van der Waals surface area contributed by atoms with Gasteiger partial charge in [0.2, 0.25) is 0 Å². The topological polar surface area (TPSA) is 29.5 Å². The monoisotopic (exact) mass is 346 g/mol. The van der Waals surface area contributed by atoms with E-state index in [0.29, 0.717) is 6.42 Å². The molecule has 1 aliphatic rings. The second-order valence-electron chi connectivity index (χ2n) is 4.96. The SMILES string of the molecule is CC1(C(O)Cc2ccc(I)cc2)CCCCO1. The Morgan fingerprint density at radius 1 is 1.35 bits per heavy atom. The van der Waals surface area contributed by atoms with Crippen LogP contribution in [0, 0.1) is 3.57 Å². The maximum Gasteiger partial charge on any atom is 0.0915 e. The van der Waals surface area contributed by atoms with Gasteiger partial charge in [0.25, 0.3) is 0 Å². The highest BCUT2D eigenvalue weighted by Gasteiger charge is 2.35. The summed E-state index contributed by atoms with van der Waals surface area (Å²) in [5.41, 5.74) is 0.814. The van der Waals surface area contributed by atoms with Crippen LogP contribution in [-0.4, -0.2) is 23.4 Å². The zero-order chi connectivity index (χ0) is 12.3. The summed E-state index contributed by atoms with van der Waals surface area (Å²) in [6.45, 7) is 2.81. The minimum atomic E-state index is -0.414. The number of ether oxygens (including phenoxy) is 1. The van der Waals surface area contributed by atoms with E-state index in [0.717, 1.165) is 25.9 Å². The molecule has 1 N–H and O–H groups in total. The molecule has 1 aliphatic heterocycles. The Balaban J connectivity index is 2.00. The summed E-state index contributed by atoms with van der Waals surface area (Å²) in [7, 11) is 0. The van der Waals surface area contributed by atoms with Gasteiger partial charge in [-0.15, -0.1) is 0 Å². The van der Waals surface area contributed by atoms with E-state index in [1.54, 1.807) is 0 Å². The molecule has 0 aliphatic carbocycles. The standard InChI is InChI=1S/C14H19IO2/c1-14(8-2-3-9-17-14)13(16)10-11-4-6-12(15)7-5-11/h4-7,13,16H,2-3,8-10H2,1H3. The van der Waals surface area contributed by atoms with E-state index in [1.807, 2.05) is 6.92 Å². The smallest absolute Gasteiger partial charge is 0.0915 e. The van der Waals surface area contributed by atoms with Crippen LogP contribution in [0.25, 0.3) is 0 Å². The molecule has 2 unspecified atom stereocenters. The Morgan fingerprint density at radius 3 is 2.65 bits per heavy atom. The van der Waals surface area contributed by atoms with Crippen LogP contribution in [0.5, 0.6) is 0 Å². The Labute approximate surface area is 117 Å². The van der Waals surface area contributed by atoms with Gasteiger partial charge in [-0.3, -0.25) is 0 Å². The summed E-state index contributed by atoms with van der Waals surface area (Å²) in [4.78, 5) is 0. The molecule has 0 aromatic heterocycles. The van der Waals surface area contributed by atoms with E-state index in [9.17, 15) is 5.11 Å². The summed E-state index contributed by atoms with van der Waals surface area (Å²) < 4.78 is 6.99. The Hall–Kier alpha value is -0.130. The van der Waals surface area contributed by atoms with Crippen LogP contribution in [0.2, 0.25) is 0 Å². The van der Waals surface area contributed by atoms with Gasteiger partial charge in [0.05, 0.1) is 11.7 Å². The van der Waals surface area contributed by atoms with Crippen molar-refractivity contribution in [1.29, 1.82) is 0 Å². The third kappa shape index (κ3) is 3.42. The molecule has 0 bridgehead atoms. The highest BCUT2D eigenvalue weighted by Crippen LogP contribution is 2.29. The summed E-state index contributed by atoms with van der Waals surface area (Å²) in [5, 5.41) is 10.3. The van der Waals surface area contributed by atoms with Crippen molar-refractivity contribution in [2.45, 2.75) is 44.3 Å². The minimum absolute atomic E-state index is 0.360. The second-order valence-corrected chi connectivity index (χ2v) is 6.21. The molecule has 1 saturated heterocycles. The number of benzene rings is 1. The van der Waals surface area contributed by atoms with Gasteiger partial charge >= 0.3 is 0 Å². The van der Waals surface area contributed by atoms with Crippen LogP contribution in [0.1, 0.15) is 31.7 Å². The molecule has 1 fully saturated rings. The van der Waals surface area contributed by atoms with Crippen LogP contribution in [0.15, 0.2) is 24.3 Å². The predicted octanol–water partition coefficient (Wildman–Crippen LogP) is 3.15. The van der Waals surface area contributed by atoms with Crippen LogP contribution in [-0.2, 0) is 11.2 Å². The molecule has 3 heteroatoms. The predicted molar refractivity (Wildman–Crippen MR) is 77.1 cm³/mol. The minimum Gasteiger partial charge on any atom is -0.390 e. The van der Waals surface area contributed by atoms with Crippen molar-refractivity contribution in [1.82, 2.24) is 0 Å². The molecule has 94 valence electrons. The van der Waals surface area contributed by atoms with Gasteiger partial charge < -0.3 is 9.84 Å². The molecule has 1 heterocycles. The van der Waals surface area contributed by atoms with Crippen molar-refractivity contribution in [3.8, 4) is 0 Å². The van der Waals surface area contributed by atoms with E-state index in [4.69, 9.17) is 4.74 Å². The lowest BCUT2D eigenvalue weighted by Gasteiger charge is -2.38. The fourth-order valence-electron chi connectivity index (χ4n) is 2.28. The molecule has 1 aromatic carbocycles. The van der Waals surface area contributed by atoms with Gasteiger partial charge in [0.15, 0.2) is 0 Å². The normalized spacial score (nSPS) is 26.8. The summed E-state index contributed by atoms with van der Waals surface area (Å²) in [6, 6.07) is 8.31. The third-order valence-electron chi connectivity index (χ3n) is 3.55. The fourth-order valence-corrected chi connectivity index (χ4v) is 2.64. The van der Waals surface area contributed by atoms with Crippen LogP contribution >= 0.6 is 22.6 Å². The number of halogens is 1. The maximum absolute atomic E-state index is 10.3. The highest BCUT2D eigenvalue weighted by atomic mass is 127. The average Bonchev–Trinajstić information content (AvgIpc) is 2.33. The zero-order valence-corrected chi connectivity index (χ0v) is 12.3. The first-order valence-corrected chi connectivity index (χ1v) is 7.24. The number of aliphatic hydroxyl groups is 1. The number of hydrogen-bond acceptors (Lipinski definition) is 2. The van der Waals surface area contributed by atoms with Crippen LogP contribution < -0.4 is 0 Å². The number of hydrogen-bond donors (Lipinski definition) is 1. The molecule has 2 atom stereocenters. The quantitative estimate of drug-likeness (QED) is 0.852. The van der Waals surface area contributed by atoms with Crippen molar-refractivity contribution in [3.63, 3.8) is 0 Å². The number of aliphatic hydroxyl groups excluding tert-OH is 1. The van der Waals surface area contributed by atoms with E-state index in [1.165, 1.54) is 9.13 Å². The van der Waals surface area contributed by atoms with Crippen molar-refractivity contribution >= 4 is 22.6 Å². The maximum atomic E-state index is 10.3. The molecule has 2 rings (SSSR count). The summed E-state index contributed by atoms with van der Waals surface area (Å²) in [6.07, 6.45) is 3.49. The van der Waals surface area contributed by atoms with Crippen molar-refractivity contribution in [2.24, 2.45) is 0 Å². The molecule has 1 aromatic rings. The molecule has 0 spiro atoms. The van der Waals surface area contributed by atoms with E-state index < -0.39 is 6.10 Å². The highest BCUT2D eigenvalue weighted by molar-refractivity contribution is 14.1. The molecule has 0 radical (unpaired) electrons. The van der Waals surface area contributed by atoms with E-state index in [2.05, 4.69) is 46.9 Å². The summed E-state index contributed by atoms with van der Waals surface area (Å²) >= 11 is 2.29. The van der Waals surface area contributed by atoms with E-state index in [-0.39, 0.29) is 5.60 Å². The largest absolute Gasteiger partial charge is 0.390 e. The van der Waals surface area contributed by atoms with Crippen LogP contribution in [0.4, 0.5) is 0 Å². The van der Waals surface area contributed by atoms with Gasteiger partial charge in [-0.1, -0.05) is 12.1 Å². The van der Waals surface area contributed by atoms with E-state index >= 15 is 0 Å². The molecular weight excluding hydrogens is 327 g/mol. The Morgan fingerprint density at radius 2 is 2.06 bits per heavy atom. The van der Waals surface area contributed by atoms with Crippen molar-refractivity contribution in [3.05, 3.63) is 33.4 Å². The summed E-state index contributed by atoms with van der Waals surface area (Å²) in [5.74, 6) is 0. The average molecular weight is 346 g/mol. The zero-order valence-electron chi connectivity index (χ0n) is 10.2. The van der Waals surface area contributed by atoms with Crippen molar-refractivity contribution < 1.29 is 9.84 Å². The lowest BCUT2D eigenvalue weighted by atomic mass is 9.87. The first-order valence-electron chi connectivity index (χ1n) is 6.17. The fraction of sp³-hybridized carbons (Fsp3) is 0.571. The van der Waals surface area contributed by atoms with Gasteiger partial charge in [-0.05, 0) is 66.5 Å². The Bertz CT molecular complexity index is 355. The van der Waals surface area contributed by atoms with Gasteiger partial charge in [-0.25, -0.2) is 0 Å². The lowest BCUT2D eigenvalue weighted by Crippen LogP contribution is -2.45. The van der Waals surface area contributed by atoms with Gasteiger partial charge in [0.1, 0.15) is 0 Å². The number of rotatable bonds is 3. The lowest BCUT2D eigenvalue weighted by molar-refractivity contribution is -0.135. The first kappa shape index (κ1) is 13.3. The molecule has 17 heavy (non-hydrogen) atoms. The second kappa shape index (κ2) is 5.67. The Kier molecular flexibility index (Phi) is 4.44. The third-order valence-corrected chi connectivity index (χ3v) is 4.27. The van der Waals surface area contributed by atoms with Gasteiger partial charge in [0, 0.05) is 16.6 Å². The molecule has 0 saturated carbocycles. The first-order chi connectivity index (χ1) is 8.10. The molecule has 0 amide bonds. The molecular formula is C14H19IO2. The van der Waals surface area contributed by atoms with Crippen molar-refractivity contribution in [2.75, 3.05) is 6.61 Å².